The minimum atomic E-state index is -2.12. The van der Waals surface area contributed by atoms with Crippen LogP contribution in [0.4, 0.5) is 0 Å². The zero-order valence-electron chi connectivity index (χ0n) is 11.7. The Kier molecular flexibility index (Phi) is 6.63. The summed E-state index contributed by atoms with van der Waals surface area (Å²) in [4.78, 5) is 11.3. The summed E-state index contributed by atoms with van der Waals surface area (Å²) in [7, 11) is 2.99. The first-order valence-corrected chi connectivity index (χ1v) is 7.12. The number of hydrogen-bond acceptors (Lipinski definition) is 4. The molecule has 0 radical (unpaired) electrons. The fourth-order valence-electron chi connectivity index (χ4n) is 1.91. The van der Waals surface area contributed by atoms with E-state index in [1.165, 1.54) is 14.0 Å². The average Bonchev–Trinajstić information content (AvgIpc) is 2.38. The van der Waals surface area contributed by atoms with Crippen molar-refractivity contribution in [2.24, 2.45) is 0 Å². The van der Waals surface area contributed by atoms with Crippen molar-refractivity contribution < 1.29 is 23.0 Å². The second-order valence-electron chi connectivity index (χ2n) is 4.29. The maximum atomic E-state index is 11.3. The zero-order chi connectivity index (χ0) is 15.1. The maximum Gasteiger partial charge on any atom is 0.217 e. The highest BCUT2D eigenvalue weighted by Gasteiger charge is 2.14. The molecule has 1 aromatic rings. The minimum absolute atomic E-state index is 0.147. The van der Waals surface area contributed by atoms with Gasteiger partial charge >= 0.3 is 0 Å². The van der Waals surface area contributed by atoms with E-state index in [-0.39, 0.29) is 16.8 Å². The Morgan fingerprint density at radius 1 is 1.45 bits per heavy atom. The number of ether oxygens (including phenoxy) is 2. The molecular formula is C13H19NO5S. The van der Waals surface area contributed by atoms with Crippen molar-refractivity contribution in [1.29, 1.82) is 0 Å². The normalized spacial score (nSPS) is 13.6. The van der Waals surface area contributed by atoms with Crippen LogP contribution in [0.15, 0.2) is 23.1 Å². The number of carbonyl (C=O) groups excluding carboxylic acids is 1. The molecule has 7 heteroatoms. The molecule has 0 bridgehead atoms. The van der Waals surface area contributed by atoms with Crippen LogP contribution in [0.3, 0.4) is 0 Å². The molecule has 0 aromatic heterocycles. The molecule has 20 heavy (non-hydrogen) atoms. The SMILES string of the molecule is COC[C@H](Cc1ccc(OC)c(S(=O)O)c1)NC(C)=O. The second kappa shape index (κ2) is 7.98. The second-order valence-corrected chi connectivity index (χ2v) is 5.23. The van der Waals surface area contributed by atoms with Crippen LogP contribution >= 0.6 is 0 Å². The summed E-state index contributed by atoms with van der Waals surface area (Å²) in [5.41, 5.74) is 0.819. The number of rotatable bonds is 7. The molecule has 0 spiro atoms. The molecule has 0 saturated heterocycles. The first-order valence-electron chi connectivity index (χ1n) is 6.01. The van der Waals surface area contributed by atoms with Crippen molar-refractivity contribution >= 4 is 17.0 Å². The van der Waals surface area contributed by atoms with Gasteiger partial charge in [0, 0.05) is 14.0 Å². The predicted molar refractivity (Wildman–Crippen MR) is 75.2 cm³/mol. The summed E-state index contributed by atoms with van der Waals surface area (Å²) in [6.45, 7) is 1.80. The topological polar surface area (TPSA) is 84.9 Å². The molecule has 1 amide bonds. The molecule has 1 unspecified atom stereocenters. The largest absolute Gasteiger partial charge is 0.495 e. The Morgan fingerprint density at radius 2 is 2.15 bits per heavy atom. The van der Waals surface area contributed by atoms with Gasteiger partial charge in [-0.2, -0.15) is 0 Å². The summed E-state index contributed by atoms with van der Waals surface area (Å²) in [5, 5.41) is 2.77. The zero-order valence-corrected chi connectivity index (χ0v) is 12.5. The lowest BCUT2D eigenvalue weighted by molar-refractivity contribution is -0.120. The summed E-state index contributed by atoms with van der Waals surface area (Å²) >= 11 is -2.12. The highest BCUT2D eigenvalue weighted by Crippen LogP contribution is 2.23. The van der Waals surface area contributed by atoms with Gasteiger partial charge in [-0.15, -0.1) is 0 Å². The van der Waals surface area contributed by atoms with E-state index in [0.29, 0.717) is 18.8 Å². The number of hydrogen-bond donors (Lipinski definition) is 2. The molecule has 0 aliphatic rings. The first kappa shape index (κ1) is 16.6. The molecular weight excluding hydrogens is 282 g/mol. The first-order chi connectivity index (χ1) is 9.47. The highest BCUT2D eigenvalue weighted by atomic mass is 32.2. The van der Waals surface area contributed by atoms with Crippen LogP contribution in [0.25, 0.3) is 0 Å². The predicted octanol–water partition coefficient (Wildman–Crippen LogP) is 0.969. The van der Waals surface area contributed by atoms with Crippen molar-refractivity contribution in [2.75, 3.05) is 20.8 Å². The van der Waals surface area contributed by atoms with Crippen LogP contribution in [0, 0.1) is 0 Å². The van der Waals surface area contributed by atoms with Gasteiger partial charge in [-0.3, -0.25) is 4.79 Å². The molecule has 0 heterocycles. The molecule has 6 nitrogen and oxygen atoms in total. The van der Waals surface area contributed by atoms with Crippen LogP contribution < -0.4 is 10.1 Å². The van der Waals surface area contributed by atoms with E-state index < -0.39 is 11.1 Å². The third kappa shape index (κ3) is 4.92. The summed E-state index contributed by atoms with van der Waals surface area (Å²) in [6, 6.07) is 4.83. The molecule has 1 rings (SSSR count). The van der Waals surface area contributed by atoms with Gasteiger partial charge in [0.15, 0.2) is 11.1 Å². The van der Waals surface area contributed by atoms with Crippen LogP contribution in [0.2, 0.25) is 0 Å². The lowest BCUT2D eigenvalue weighted by Crippen LogP contribution is -2.38. The van der Waals surface area contributed by atoms with Gasteiger partial charge in [-0.25, -0.2) is 4.21 Å². The van der Waals surface area contributed by atoms with E-state index in [1.807, 2.05) is 0 Å². The van der Waals surface area contributed by atoms with Gasteiger partial charge in [0.1, 0.15) is 10.6 Å². The highest BCUT2D eigenvalue weighted by molar-refractivity contribution is 7.79. The van der Waals surface area contributed by atoms with Crippen molar-refractivity contribution in [2.45, 2.75) is 24.3 Å². The smallest absolute Gasteiger partial charge is 0.217 e. The fourth-order valence-corrected chi connectivity index (χ4v) is 2.49. The van der Waals surface area contributed by atoms with Gasteiger partial charge in [-0.05, 0) is 24.1 Å². The minimum Gasteiger partial charge on any atom is -0.495 e. The standard InChI is InChI=1S/C13H19NO5S/c1-9(15)14-11(8-18-2)6-10-4-5-12(19-3)13(7-10)20(16)17/h4-5,7,11H,6,8H2,1-3H3,(H,14,15)(H,16,17)/t11-/m0/s1. The van der Waals surface area contributed by atoms with Gasteiger partial charge in [-0.1, -0.05) is 6.07 Å². The molecule has 112 valence electrons. The molecule has 0 fully saturated rings. The van der Waals surface area contributed by atoms with Crippen LogP contribution in [-0.4, -0.2) is 41.5 Å². The number of carbonyl (C=O) groups is 1. The summed E-state index contributed by atoms with van der Waals surface area (Å²) < 4.78 is 30.6. The lowest BCUT2D eigenvalue weighted by atomic mass is 10.1. The lowest BCUT2D eigenvalue weighted by Gasteiger charge is -2.17. The molecule has 0 aliphatic carbocycles. The van der Waals surface area contributed by atoms with Crippen molar-refractivity contribution in [1.82, 2.24) is 5.32 Å². The van der Waals surface area contributed by atoms with E-state index in [1.54, 1.807) is 25.3 Å². The van der Waals surface area contributed by atoms with Crippen LogP contribution in [0.5, 0.6) is 5.75 Å². The molecule has 0 saturated carbocycles. The number of benzene rings is 1. The number of methoxy groups -OCH3 is 2. The van der Waals surface area contributed by atoms with E-state index in [0.717, 1.165) is 5.56 Å². The van der Waals surface area contributed by atoms with Crippen LogP contribution in [0.1, 0.15) is 12.5 Å². The van der Waals surface area contributed by atoms with Gasteiger partial charge < -0.3 is 19.3 Å². The molecule has 2 atom stereocenters. The number of nitrogens with one attached hydrogen (secondary N) is 1. The van der Waals surface area contributed by atoms with E-state index in [9.17, 15) is 13.6 Å². The Bertz CT molecular complexity index is 492. The Hall–Kier alpha value is -1.44. The van der Waals surface area contributed by atoms with E-state index in [4.69, 9.17) is 9.47 Å². The molecule has 0 aliphatic heterocycles. The third-order valence-electron chi connectivity index (χ3n) is 2.67. The summed E-state index contributed by atoms with van der Waals surface area (Å²) in [6.07, 6.45) is 0.502. The Balaban J connectivity index is 2.92. The summed E-state index contributed by atoms with van der Waals surface area (Å²) in [5.74, 6) is 0.212. The maximum absolute atomic E-state index is 11.3. The van der Waals surface area contributed by atoms with Gasteiger partial charge in [0.25, 0.3) is 0 Å². The number of amides is 1. The Morgan fingerprint density at radius 3 is 2.65 bits per heavy atom. The van der Waals surface area contributed by atoms with Crippen molar-refractivity contribution in [3.63, 3.8) is 0 Å². The van der Waals surface area contributed by atoms with E-state index >= 15 is 0 Å². The monoisotopic (exact) mass is 301 g/mol. The van der Waals surface area contributed by atoms with Gasteiger partial charge in [0.05, 0.1) is 19.8 Å². The average molecular weight is 301 g/mol. The fraction of sp³-hybridized carbons (Fsp3) is 0.462. The molecule has 2 N–H and O–H groups in total. The molecule has 1 aromatic carbocycles. The quantitative estimate of drug-likeness (QED) is 0.733. The van der Waals surface area contributed by atoms with Crippen LogP contribution in [-0.2, 0) is 27.0 Å². The van der Waals surface area contributed by atoms with Gasteiger partial charge in [0.2, 0.25) is 5.91 Å². The third-order valence-corrected chi connectivity index (χ3v) is 3.37. The van der Waals surface area contributed by atoms with Crippen molar-refractivity contribution in [3.8, 4) is 5.75 Å². The Labute approximate surface area is 120 Å². The van der Waals surface area contributed by atoms with E-state index in [2.05, 4.69) is 5.32 Å². The van der Waals surface area contributed by atoms with Crippen molar-refractivity contribution in [3.05, 3.63) is 23.8 Å².